The van der Waals surface area contributed by atoms with Crippen LogP contribution in [0.2, 0.25) is 0 Å². The zero-order valence-electron chi connectivity index (χ0n) is 11.3. The van der Waals surface area contributed by atoms with Crippen molar-refractivity contribution in [3.05, 3.63) is 34.6 Å². The first-order valence-corrected chi connectivity index (χ1v) is 6.90. The van der Waals surface area contributed by atoms with Crippen LogP contribution in [0.25, 0.3) is 0 Å². The van der Waals surface area contributed by atoms with Crippen LogP contribution in [0.15, 0.2) is 12.1 Å². The third-order valence-electron chi connectivity index (χ3n) is 4.27. The summed E-state index contributed by atoms with van der Waals surface area (Å²) < 4.78 is 13.6. The molecule has 0 aliphatic carbocycles. The fourth-order valence-corrected chi connectivity index (χ4v) is 3.31. The number of hydrogen-bond donors (Lipinski definition) is 1. The zero-order chi connectivity index (χ0) is 14.3. The van der Waals surface area contributed by atoms with Crippen molar-refractivity contribution in [2.75, 3.05) is 13.1 Å². The van der Waals surface area contributed by atoms with E-state index in [9.17, 15) is 9.18 Å². The number of carbonyl (C=O) groups excluding carboxylic acids is 1. The number of nitrogens with zero attached hydrogens (tertiary/aromatic N) is 2. The summed E-state index contributed by atoms with van der Waals surface area (Å²) in [4.78, 5) is 14.5. The minimum Gasteiger partial charge on any atom is -0.329 e. The summed E-state index contributed by atoms with van der Waals surface area (Å²) in [6, 6.07) is 4.48. The predicted octanol–water partition coefficient (Wildman–Crippen LogP) is 1.97. The van der Waals surface area contributed by atoms with Gasteiger partial charge in [0.2, 0.25) is 0 Å². The monoisotopic (exact) mass is 273 g/mol. The van der Waals surface area contributed by atoms with Gasteiger partial charge in [0.15, 0.2) is 0 Å². The van der Waals surface area contributed by atoms with Crippen LogP contribution in [0, 0.1) is 17.1 Å². The Hall–Kier alpha value is -1.93. The lowest BCUT2D eigenvalue weighted by atomic mass is 10.0. The van der Waals surface area contributed by atoms with Crippen LogP contribution in [0.3, 0.4) is 0 Å². The first kappa shape index (κ1) is 13.1. The molecule has 4 nitrogen and oxygen atoms in total. The fourth-order valence-electron chi connectivity index (χ4n) is 3.31. The van der Waals surface area contributed by atoms with Crippen molar-refractivity contribution in [2.24, 2.45) is 0 Å². The minimum atomic E-state index is -0.452. The highest BCUT2D eigenvalue weighted by Crippen LogP contribution is 2.38. The molecule has 0 bridgehead atoms. The van der Waals surface area contributed by atoms with E-state index in [1.165, 1.54) is 6.07 Å². The number of nitriles is 1. The summed E-state index contributed by atoms with van der Waals surface area (Å²) in [6.07, 6.45) is 1.79. The lowest BCUT2D eigenvalue weighted by Gasteiger charge is -2.34. The highest BCUT2D eigenvalue weighted by atomic mass is 19.1. The molecule has 2 aliphatic heterocycles. The van der Waals surface area contributed by atoms with Crippen LogP contribution in [0.1, 0.15) is 47.3 Å². The van der Waals surface area contributed by atoms with Crippen molar-refractivity contribution >= 4 is 5.91 Å². The SMILES string of the molecule is CC1c2cc(F)cc(C#N)c2C(=O)N1C1CCNCC1. The van der Waals surface area contributed by atoms with Gasteiger partial charge in [-0.05, 0) is 50.6 Å². The van der Waals surface area contributed by atoms with Gasteiger partial charge in [0, 0.05) is 6.04 Å². The third kappa shape index (κ3) is 1.88. The van der Waals surface area contributed by atoms with Gasteiger partial charge in [0.1, 0.15) is 11.9 Å². The molecule has 2 aliphatic rings. The molecule has 0 radical (unpaired) electrons. The minimum absolute atomic E-state index is 0.129. The molecule has 1 saturated heterocycles. The number of fused-ring (bicyclic) bond motifs is 1. The second kappa shape index (κ2) is 4.88. The Bertz CT molecular complexity index is 602. The third-order valence-corrected chi connectivity index (χ3v) is 4.27. The van der Waals surface area contributed by atoms with E-state index in [1.807, 2.05) is 17.9 Å². The maximum absolute atomic E-state index is 13.6. The highest BCUT2D eigenvalue weighted by Gasteiger charge is 2.40. The van der Waals surface area contributed by atoms with Crippen LogP contribution < -0.4 is 5.32 Å². The molecular weight excluding hydrogens is 257 g/mol. The van der Waals surface area contributed by atoms with E-state index in [-0.39, 0.29) is 23.6 Å². The number of rotatable bonds is 1. The fraction of sp³-hybridized carbons (Fsp3) is 0.467. The second-order valence-corrected chi connectivity index (χ2v) is 5.40. The molecule has 1 amide bonds. The molecule has 3 rings (SSSR count). The van der Waals surface area contributed by atoms with Gasteiger partial charge in [-0.2, -0.15) is 5.26 Å². The quantitative estimate of drug-likeness (QED) is 0.851. The summed E-state index contributed by atoms with van der Waals surface area (Å²) in [5.74, 6) is -0.580. The first-order chi connectivity index (χ1) is 9.63. The lowest BCUT2D eigenvalue weighted by Crippen LogP contribution is -2.44. The average Bonchev–Trinajstić information content (AvgIpc) is 2.71. The van der Waals surface area contributed by atoms with Crippen molar-refractivity contribution in [3.63, 3.8) is 0 Å². The van der Waals surface area contributed by atoms with Crippen molar-refractivity contribution in [2.45, 2.75) is 31.8 Å². The van der Waals surface area contributed by atoms with E-state index >= 15 is 0 Å². The Morgan fingerprint density at radius 2 is 2.10 bits per heavy atom. The largest absolute Gasteiger partial charge is 0.329 e. The van der Waals surface area contributed by atoms with E-state index in [0.717, 1.165) is 32.0 Å². The lowest BCUT2D eigenvalue weighted by molar-refractivity contribution is 0.0601. The number of nitrogens with one attached hydrogen (secondary N) is 1. The van der Waals surface area contributed by atoms with E-state index in [4.69, 9.17) is 5.26 Å². The summed E-state index contributed by atoms with van der Waals surface area (Å²) >= 11 is 0. The maximum Gasteiger partial charge on any atom is 0.256 e. The van der Waals surface area contributed by atoms with Gasteiger partial charge in [-0.1, -0.05) is 0 Å². The Balaban J connectivity index is 2.03. The van der Waals surface area contributed by atoms with Gasteiger partial charge in [-0.25, -0.2) is 4.39 Å². The molecule has 0 aromatic heterocycles. The number of hydrogen-bond acceptors (Lipinski definition) is 3. The number of piperidine rings is 1. The molecule has 1 unspecified atom stereocenters. The molecule has 0 saturated carbocycles. The summed E-state index contributed by atoms with van der Waals surface area (Å²) in [5.41, 5.74) is 1.18. The number of halogens is 1. The van der Waals surface area contributed by atoms with Gasteiger partial charge >= 0.3 is 0 Å². The van der Waals surface area contributed by atoms with Crippen LogP contribution in [0.5, 0.6) is 0 Å². The molecule has 1 aromatic carbocycles. The Morgan fingerprint density at radius 1 is 1.40 bits per heavy atom. The number of carbonyl (C=O) groups is 1. The van der Waals surface area contributed by atoms with Crippen molar-refractivity contribution in [3.8, 4) is 6.07 Å². The molecule has 20 heavy (non-hydrogen) atoms. The normalized spacial score (nSPS) is 22.8. The molecule has 1 fully saturated rings. The van der Waals surface area contributed by atoms with Gasteiger partial charge in [0.05, 0.1) is 17.2 Å². The Morgan fingerprint density at radius 3 is 2.75 bits per heavy atom. The summed E-state index contributed by atoms with van der Waals surface area (Å²) in [5, 5.41) is 12.4. The first-order valence-electron chi connectivity index (χ1n) is 6.90. The zero-order valence-corrected chi connectivity index (χ0v) is 11.3. The van der Waals surface area contributed by atoms with E-state index in [2.05, 4.69) is 5.32 Å². The molecule has 5 heteroatoms. The van der Waals surface area contributed by atoms with Crippen LogP contribution in [0.4, 0.5) is 4.39 Å². The molecule has 1 atom stereocenters. The molecule has 1 N–H and O–H groups in total. The molecule has 1 aromatic rings. The molecule has 0 spiro atoms. The predicted molar refractivity (Wildman–Crippen MR) is 71.6 cm³/mol. The standard InChI is InChI=1S/C15H16FN3O/c1-9-13-7-11(16)6-10(8-17)14(13)15(20)19(9)12-2-4-18-5-3-12/h6-7,9,12,18H,2-5H2,1H3. The van der Waals surface area contributed by atoms with Gasteiger partial charge in [-0.15, -0.1) is 0 Å². The van der Waals surface area contributed by atoms with Crippen LogP contribution >= 0.6 is 0 Å². The van der Waals surface area contributed by atoms with Crippen molar-refractivity contribution in [1.29, 1.82) is 5.26 Å². The highest BCUT2D eigenvalue weighted by molar-refractivity contribution is 6.01. The summed E-state index contributed by atoms with van der Waals surface area (Å²) in [6.45, 7) is 3.68. The van der Waals surface area contributed by atoms with Gasteiger partial charge in [-0.3, -0.25) is 4.79 Å². The van der Waals surface area contributed by atoms with E-state index in [0.29, 0.717) is 11.1 Å². The second-order valence-electron chi connectivity index (χ2n) is 5.40. The van der Waals surface area contributed by atoms with Gasteiger partial charge < -0.3 is 10.2 Å². The molecule has 104 valence electrons. The average molecular weight is 273 g/mol. The molecule has 2 heterocycles. The van der Waals surface area contributed by atoms with E-state index < -0.39 is 5.82 Å². The van der Waals surface area contributed by atoms with E-state index in [1.54, 1.807) is 0 Å². The van der Waals surface area contributed by atoms with Crippen molar-refractivity contribution in [1.82, 2.24) is 10.2 Å². The number of amides is 1. The van der Waals surface area contributed by atoms with Gasteiger partial charge in [0.25, 0.3) is 5.91 Å². The Labute approximate surface area is 117 Å². The van der Waals surface area contributed by atoms with Crippen molar-refractivity contribution < 1.29 is 9.18 Å². The smallest absolute Gasteiger partial charge is 0.256 e. The van der Waals surface area contributed by atoms with Crippen LogP contribution in [-0.4, -0.2) is 29.9 Å². The number of benzene rings is 1. The summed E-state index contributed by atoms with van der Waals surface area (Å²) in [7, 11) is 0. The molecular formula is C15H16FN3O. The Kier molecular flexibility index (Phi) is 3.19. The topological polar surface area (TPSA) is 56.1 Å². The van der Waals surface area contributed by atoms with Crippen LogP contribution in [-0.2, 0) is 0 Å². The maximum atomic E-state index is 13.6.